The lowest BCUT2D eigenvalue weighted by Gasteiger charge is -2.24. The van der Waals surface area contributed by atoms with E-state index in [4.69, 9.17) is 4.74 Å². The van der Waals surface area contributed by atoms with Crippen LogP contribution in [0.25, 0.3) is 0 Å². The number of ether oxygens (including phenoxy) is 1. The second kappa shape index (κ2) is 8.86. The van der Waals surface area contributed by atoms with Crippen LogP contribution in [0.5, 0.6) is 5.75 Å². The van der Waals surface area contributed by atoms with Crippen molar-refractivity contribution >= 4 is 15.9 Å². The monoisotopic (exact) mass is 382 g/mol. The third-order valence-corrected chi connectivity index (χ3v) is 6.76. The number of benzene rings is 1. The van der Waals surface area contributed by atoms with Crippen molar-refractivity contribution in [3.05, 3.63) is 23.8 Å². The highest BCUT2D eigenvalue weighted by Gasteiger charge is 2.30. The predicted molar refractivity (Wildman–Crippen MR) is 102 cm³/mol. The molecule has 146 valence electrons. The summed E-state index contributed by atoms with van der Waals surface area (Å²) < 4.78 is 32.5. The van der Waals surface area contributed by atoms with E-state index in [0.29, 0.717) is 31.1 Å². The Kier molecular flexibility index (Phi) is 7.06. The average molecular weight is 383 g/mol. The van der Waals surface area contributed by atoms with Gasteiger partial charge < -0.3 is 9.64 Å². The summed E-state index contributed by atoms with van der Waals surface area (Å²) in [6.45, 7) is 7.78. The van der Waals surface area contributed by atoms with Crippen LogP contribution in [0.2, 0.25) is 0 Å². The molecule has 1 amide bonds. The maximum absolute atomic E-state index is 13.0. The Balaban J connectivity index is 2.40. The first-order chi connectivity index (χ1) is 12.4. The number of hydrogen-bond acceptors (Lipinski definition) is 4. The summed E-state index contributed by atoms with van der Waals surface area (Å²) in [7, 11) is -2.27. The lowest BCUT2D eigenvalue weighted by molar-refractivity contribution is 0.0747. The number of methoxy groups -OCH3 is 1. The number of hydrogen-bond donors (Lipinski definition) is 0. The fraction of sp³-hybridized carbons (Fsp3) is 0.632. The number of rotatable bonds is 10. The second-order valence-corrected chi connectivity index (χ2v) is 8.56. The predicted octanol–water partition coefficient (Wildman–Crippen LogP) is 2.99. The SMILES string of the molecule is CCCN(CC1CC1)C(=O)c1ccc(OC)c(S(=O)(=O)N(CC)CC)c1. The van der Waals surface area contributed by atoms with Crippen LogP contribution in [0.3, 0.4) is 0 Å². The summed E-state index contributed by atoms with van der Waals surface area (Å²) in [6.07, 6.45) is 3.20. The minimum Gasteiger partial charge on any atom is -0.495 e. The van der Waals surface area contributed by atoms with Gasteiger partial charge in [-0.3, -0.25) is 4.79 Å². The molecule has 1 aliphatic carbocycles. The lowest BCUT2D eigenvalue weighted by Crippen LogP contribution is -2.34. The van der Waals surface area contributed by atoms with Crippen LogP contribution in [-0.2, 0) is 10.0 Å². The molecule has 0 heterocycles. The van der Waals surface area contributed by atoms with Crippen molar-refractivity contribution in [2.24, 2.45) is 5.92 Å². The van der Waals surface area contributed by atoms with Gasteiger partial charge in [-0.25, -0.2) is 8.42 Å². The number of sulfonamides is 1. The summed E-state index contributed by atoms with van der Waals surface area (Å²) in [5, 5.41) is 0. The quantitative estimate of drug-likeness (QED) is 0.624. The van der Waals surface area contributed by atoms with E-state index < -0.39 is 10.0 Å². The van der Waals surface area contributed by atoms with Gasteiger partial charge in [0.15, 0.2) is 0 Å². The number of carbonyl (C=O) groups excluding carboxylic acids is 1. The zero-order valence-corrected chi connectivity index (χ0v) is 17.0. The minimum atomic E-state index is -3.71. The molecule has 0 aromatic heterocycles. The van der Waals surface area contributed by atoms with Gasteiger partial charge in [0, 0.05) is 31.7 Å². The van der Waals surface area contributed by atoms with Crippen molar-refractivity contribution in [1.82, 2.24) is 9.21 Å². The Labute approximate surface area is 157 Å². The Morgan fingerprint density at radius 2 is 1.85 bits per heavy atom. The number of nitrogens with zero attached hydrogens (tertiary/aromatic N) is 2. The van der Waals surface area contributed by atoms with Crippen LogP contribution in [0.15, 0.2) is 23.1 Å². The topological polar surface area (TPSA) is 66.9 Å². The smallest absolute Gasteiger partial charge is 0.253 e. The van der Waals surface area contributed by atoms with Gasteiger partial charge in [-0.15, -0.1) is 0 Å². The maximum Gasteiger partial charge on any atom is 0.253 e. The van der Waals surface area contributed by atoms with Crippen molar-refractivity contribution in [1.29, 1.82) is 0 Å². The van der Waals surface area contributed by atoms with Gasteiger partial charge in [0.1, 0.15) is 10.6 Å². The molecule has 1 aromatic carbocycles. The molecular weight excluding hydrogens is 352 g/mol. The summed E-state index contributed by atoms with van der Waals surface area (Å²) in [5.41, 5.74) is 0.394. The first kappa shape index (κ1) is 20.7. The van der Waals surface area contributed by atoms with E-state index in [1.165, 1.54) is 17.5 Å². The van der Waals surface area contributed by atoms with Gasteiger partial charge in [-0.05, 0) is 43.4 Å². The van der Waals surface area contributed by atoms with E-state index in [9.17, 15) is 13.2 Å². The van der Waals surface area contributed by atoms with Gasteiger partial charge >= 0.3 is 0 Å². The summed E-state index contributed by atoms with van der Waals surface area (Å²) >= 11 is 0. The molecule has 0 saturated heterocycles. The molecule has 1 aliphatic rings. The minimum absolute atomic E-state index is 0.0532. The normalized spacial score (nSPS) is 14.5. The van der Waals surface area contributed by atoms with Crippen LogP contribution in [0.4, 0.5) is 0 Å². The Morgan fingerprint density at radius 1 is 1.19 bits per heavy atom. The first-order valence-electron chi connectivity index (χ1n) is 9.36. The van der Waals surface area contributed by atoms with Crippen LogP contribution in [0, 0.1) is 5.92 Å². The maximum atomic E-state index is 13.0. The highest BCUT2D eigenvalue weighted by molar-refractivity contribution is 7.89. The van der Waals surface area contributed by atoms with Gasteiger partial charge in [0.2, 0.25) is 10.0 Å². The van der Waals surface area contributed by atoms with Crippen molar-refractivity contribution < 1.29 is 17.9 Å². The van der Waals surface area contributed by atoms with Crippen LogP contribution >= 0.6 is 0 Å². The van der Waals surface area contributed by atoms with E-state index in [1.807, 2.05) is 11.8 Å². The molecule has 6 nitrogen and oxygen atoms in total. The fourth-order valence-electron chi connectivity index (χ4n) is 3.05. The molecule has 0 N–H and O–H groups in total. The van der Waals surface area contributed by atoms with E-state index in [1.54, 1.807) is 26.0 Å². The van der Waals surface area contributed by atoms with Crippen LogP contribution < -0.4 is 4.74 Å². The Hall–Kier alpha value is -1.60. The van der Waals surface area contributed by atoms with Gasteiger partial charge in [-0.1, -0.05) is 20.8 Å². The van der Waals surface area contributed by atoms with Gasteiger partial charge in [0.25, 0.3) is 5.91 Å². The van der Waals surface area contributed by atoms with Gasteiger partial charge in [-0.2, -0.15) is 4.31 Å². The average Bonchev–Trinajstić information content (AvgIpc) is 3.45. The zero-order valence-electron chi connectivity index (χ0n) is 16.2. The van der Waals surface area contributed by atoms with Crippen molar-refractivity contribution in [2.75, 3.05) is 33.3 Å². The molecule has 26 heavy (non-hydrogen) atoms. The van der Waals surface area contributed by atoms with Gasteiger partial charge in [0.05, 0.1) is 7.11 Å². The molecule has 0 unspecified atom stereocenters. The molecule has 1 aromatic rings. The summed E-state index contributed by atoms with van der Waals surface area (Å²) in [5.74, 6) is 0.734. The largest absolute Gasteiger partial charge is 0.495 e. The molecule has 0 radical (unpaired) electrons. The zero-order chi connectivity index (χ0) is 19.3. The molecule has 1 saturated carbocycles. The Bertz CT molecular complexity index is 725. The molecule has 0 bridgehead atoms. The molecule has 2 rings (SSSR count). The molecule has 0 aliphatic heterocycles. The third-order valence-electron chi connectivity index (χ3n) is 4.69. The standard InChI is InChI=1S/C19H30N2O4S/c1-5-12-20(14-15-8-9-15)19(22)16-10-11-17(25-4)18(13-16)26(23,24)21(6-2)7-3/h10-11,13,15H,5-9,12,14H2,1-4H3. The van der Waals surface area contributed by atoms with Crippen LogP contribution in [0.1, 0.15) is 50.4 Å². The molecule has 1 fully saturated rings. The number of carbonyl (C=O) groups is 1. The summed E-state index contributed by atoms with van der Waals surface area (Å²) in [6, 6.07) is 4.69. The van der Waals surface area contributed by atoms with Crippen molar-refractivity contribution in [2.45, 2.75) is 44.9 Å². The van der Waals surface area contributed by atoms with E-state index in [0.717, 1.165) is 25.8 Å². The number of amides is 1. The molecule has 0 atom stereocenters. The lowest BCUT2D eigenvalue weighted by atomic mass is 10.1. The highest BCUT2D eigenvalue weighted by atomic mass is 32.2. The van der Waals surface area contributed by atoms with Crippen molar-refractivity contribution in [3.8, 4) is 5.75 Å². The van der Waals surface area contributed by atoms with Crippen molar-refractivity contribution in [3.63, 3.8) is 0 Å². The van der Waals surface area contributed by atoms with E-state index in [-0.39, 0.29) is 16.6 Å². The van der Waals surface area contributed by atoms with E-state index in [2.05, 4.69) is 0 Å². The molecule has 7 heteroatoms. The summed E-state index contributed by atoms with van der Waals surface area (Å²) in [4.78, 5) is 14.9. The first-order valence-corrected chi connectivity index (χ1v) is 10.8. The highest BCUT2D eigenvalue weighted by Crippen LogP contribution is 2.31. The molecule has 0 spiro atoms. The Morgan fingerprint density at radius 3 is 2.35 bits per heavy atom. The third kappa shape index (κ3) is 4.57. The second-order valence-electron chi connectivity index (χ2n) is 6.65. The van der Waals surface area contributed by atoms with Crippen LogP contribution in [-0.4, -0.2) is 56.8 Å². The van der Waals surface area contributed by atoms with E-state index >= 15 is 0 Å². The fourth-order valence-corrected chi connectivity index (χ4v) is 4.69. The molecular formula is C19H30N2O4S.